The number of hydrogen-bond donors (Lipinski definition) is 4. The lowest BCUT2D eigenvalue weighted by Gasteiger charge is -1.79. The minimum atomic E-state index is 0.0938. The summed E-state index contributed by atoms with van der Waals surface area (Å²) in [5.41, 5.74) is 0. The van der Waals surface area contributed by atoms with Gasteiger partial charge < -0.3 is 20.4 Å². The van der Waals surface area contributed by atoms with Crippen LogP contribution in [0.2, 0.25) is 0 Å². The summed E-state index contributed by atoms with van der Waals surface area (Å²) >= 11 is 0. The highest BCUT2D eigenvalue weighted by Gasteiger charge is 1.70. The summed E-state index contributed by atoms with van der Waals surface area (Å²) in [6, 6.07) is 0. The lowest BCUT2D eigenvalue weighted by molar-refractivity contribution is 0.221. The van der Waals surface area contributed by atoms with E-state index in [1.807, 2.05) is 0 Å². The fourth-order valence-corrected chi connectivity index (χ4v) is 0.0707. The molecule has 0 spiro atoms. The summed E-state index contributed by atoms with van der Waals surface area (Å²) in [5, 5.41) is 29.8. The summed E-state index contributed by atoms with van der Waals surface area (Å²) < 4.78 is 0. The van der Waals surface area contributed by atoms with E-state index in [2.05, 4.69) is 0 Å². The van der Waals surface area contributed by atoms with Crippen molar-refractivity contribution in [2.45, 2.75) is 6.42 Å². The van der Waals surface area contributed by atoms with Gasteiger partial charge >= 0.3 is 0 Å². The Morgan fingerprint density at radius 2 is 1.00 bits per heavy atom. The molecule has 0 aliphatic heterocycles. The molecule has 9 heavy (non-hydrogen) atoms. The Morgan fingerprint density at radius 3 is 1.00 bits per heavy atom. The maximum Gasteiger partial charge on any atom is 0.0452 e. The van der Waals surface area contributed by atoms with Crippen LogP contribution in [0.25, 0.3) is 0 Å². The molecule has 0 aromatic carbocycles. The number of rotatable bonds is 2. The molecule has 0 saturated heterocycles. The normalized spacial score (nSPS) is 6.00. The first-order valence-electron chi connectivity index (χ1n) is 2.53. The van der Waals surface area contributed by atoms with E-state index >= 15 is 0 Å². The van der Waals surface area contributed by atoms with Crippen molar-refractivity contribution in [2.75, 3.05) is 27.4 Å². The molecule has 0 bridgehead atoms. The van der Waals surface area contributed by atoms with Gasteiger partial charge in [-0.3, -0.25) is 0 Å². The molecule has 0 amide bonds. The van der Waals surface area contributed by atoms with Crippen molar-refractivity contribution in [3.05, 3.63) is 0 Å². The minimum absolute atomic E-state index is 0.0938. The third-order valence-corrected chi connectivity index (χ3v) is 0.316. The fraction of sp³-hybridized carbons (Fsp3) is 1.00. The van der Waals surface area contributed by atoms with Gasteiger partial charge in [-0.25, -0.2) is 0 Å². The molecule has 0 heterocycles. The Morgan fingerprint density at radius 1 is 0.778 bits per heavy atom. The zero-order chi connectivity index (χ0) is 8.12. The van der Waals surface area contributed by atoms with Crippen LogP contribution in [0.4, 0.5) is 0 Å². The molecule has 4 nitrogen and oxygen atoms in total. The van der Waals surface area contributed by atoms with Gasteiger partial charge in [-0.05, 0) is 6.42 Å². The molecule has 0 unspecified atom stereocenters. The third kappa shape index (κ3) is 79.0. The molecule has 0 rings (SSSR count). The molecular formula is C5H16O4. The molecule has 0 atom stereocenters. The number of hydrogen-bond acceptors (Lipinski definition) is 4. The Kier molecular flexibility index (Phi) is 80.5. The molecule has 4 heteroatoms. The predicted molar refractivity (Wildman–Crippen MR) is 35.1 cm³/mol. The van der Waals surface area contributed by atoms with Crippen LogP contribution in [0.5, 0.6) is 0 Å². The fourth-order valence-electron chi connectivity index (χ4n) is 0.0707. The van der Waals surface area contributed by atoms with E-state index < -0.39 is 0 Å². The van der Waals surface area contributed by atoms with E-state index in [0.29, 0.717) is 6.42 Å². The van der Waals surface area contributed by atoms with E-state index in [1.165, 1.54) is 0 Å². The third-order valence-electron chi connectivity index (χ3n) is 0.316. The smallest absolute Gasteiger partial charge is 0.0452 e. The van der Waals surface area contributed by atoms with Crippen molar-refractivity contribution in [1.29, 1.82) is 0 Å². The molecule has 0 aliphatic rings. The Hall–Kier alpha value is -0.160. The minimum Gasteiger partial charge on any atom is -0.400 e. The van der Waals surface area contributed by atoms with E-state index in [0.717, 1.165) is 14.2 Å². The van der Waals surface area contributed by atoms with Gasteiger partial charge in [-0.2, -0.15) is 0 Å². The van der Waals surface area contributed by atoms with Gasteiger partial charge in [0.05, 0.1) is 0 Å². The van der Waals surface area contributed by atoms with Gasteiger partial charge in [0, 0.05) is 27.4 Å². The van der Waals surface area contributed by atoms with Crippen LogP contribution in [0.15, 0.2) is 0 Å². The van der Waals surface area contributed by atoms with E-state index in [-0.39, 0.29) is 13.2 Å². The second-order valence-corrected chi connectivity index (χ2v) is 0.801. The zero-order valence-corrected chi connectivity index (χ0v) is 5.91. The highest BCUT2D eigenvalue weighted by Crippen LogP contribution is 1.65. The average Bonchev–Trinajstić information content (AvgIpc) is 1.98. The first-order valence-corrected chi connectivity index (χ1v) is 2.53. The van der Waals surface area contributed by atoms with E-state index in [1.54, 1.807) is 0 Å². The van der Waals surface area contributed by atoms with Crippen LogP contribution >= 0.6 is 0 Å². The van der Waals surface area contributed by atoms with E-state index in [9.17, 15) is 0 Å². The van der Waals surface area contributed by atoms with Gasteiger partial charge in [-0.1, -0.05) is 0 Å². The van der Waals surface area contributed by atoms with Crippen LogP contribution in [-0.4, -0.2) is 47.9 Å². The summed E-state index contributed by atoms with van der Waals surface area (Å²) in [4.78, 5) is 0. The highest BCUT2D eigenvalue weighted by atomic mass is 16.3. The molecule has 0 fully saturated rings. The second kappa shape index (κ2) is 45.5. The molecule has 0 aromatic rings. The van der Waals surface area contributed by atoms with Crippen molar-refractivity contribution < 1.29 is 20.4 Å². The monoisotopic (exact) mass is 140 g/mol. The van der Waals surface area contributed by atoms with Crippen molar-refractivity contribution in [3.63, 3.8) is 0 Å². The summed E-state index contributed by atoms with van der Waals surface area (Å²) in [5.74, 6) is 0. The van der Waals surface area contributed by atoms with Gasteiger partial charge in [0.2, 0.25) is 0 Å². The van der Waals surface area contributed by atoms with Crippen molar-refractivity contribution in [3.8, 4) is 0 Å². The molecule has 4 N–H and O–H groups in total. The topological polar surface area (TPSA) is 80.9 Å². The molecule has 0 aliphatic carbocycles. The average molecular weight is 140 g/mol. The summed E-state index contributed by atoms with van der Waals surface area (Å²) in [7, 11) is 2.00. The van der Waals surface area contributed by atoms with Crippen molar-refractivity contribution in [1.82, 2.24) is 0 Å². The van der Waals surface area contributed by atoms with Crippen LogP contribution in [-0.2, 0) is 0 Å². The Bertz CT molecular complexity index is 16.4. The van der Waals surface area contributed by atoms with Crippen LogP contribution in [0.3, 0.4) is 0 Å². The predicted octanol–water partition coefficient (Wildman–Crippen LogP) is -1.42. The van der Waals surface area contributed by atoms with Gasteiger partial charge in [0.1, 0.15) is 0 Å². The lowest BCUT2D eigenvalue weighted by Crippen LogP contribution is -1.85. The lowest BCUT2D eigenvalue weighted by atomic mass is 10.5. The first-order chi connectivity index (χ1) is 4.41. The van der Waals surface area contributed by atoms with Crippen molar-refractivity contribution in [2.24, 2.45) is 0 Å². The summed E-state index contributed by atoms with van der Waals surface area (Å²) in [6.45, 7) is 0.188. The van der Waals surface area contributed by atoms with Gasteiger partial charge in [-0.15, -0.1) is 0 Å². The standard InChI is InChI=1S/C3H8O2.2CH4O/c4-2-1-3-5;2*1-2/h4-5H,1-3H2;2*2H,1H3. The quantitative estimate of drug-likeness (QED) is 0.379. The molecule has 60 valence electrons. The molecular weight excluding hydrogens is 124 g/mol. The molecule has 0 radical (unpaired) electrons. The number of aliphatic hydroxyl groups is 4. The maximum absolute atomic E-state index is 7.91. The largest absolute Gasteiger partial charge is 0.400 e. The van der Waals surface area contributed by atoms with Gasteiger partial charge in [0.25, 0.3) is 0 Å². The van der Waals surface area contributed by atoms with Crippen LogP contribution in [0, 0.1) is 0 Å². The molecule has 0 aromatic heterocycles. The maximum atomic E-state index is 7.91. The Labute approximate surface area is 55.4 Å². The van der Waals surface area contributed by atoms with E-state index in [4.69, 9.17) is 20.4 Å². The second-order valence-electron chi connectivity index (χ2n) is 0.801. The SMILES string of the molecule is CO.CO.OCCCO. The van der Waals surface area contributed by atoms with Crippen molar-refractivity contribution >= 4 is 0 Å². The number of aliphatic hydroxyl groups excluding tert-OH is 4. The van der Waals surface area contributed by atoms with Crippen LogP contribution in [0.1, 0.15) is 6.42 Å². The first kappa shape index (κ1) is 15.9. The Balaban J connectivity index is -0.0000000771. The van der Waals surface area contributed by atoms with Gasteiger partial charge in [0.15, 0.2) is 0 Å². The zero-order valence-electron chi connectivity index (χ0n) is 5.91. The summed E-state index contributed by atoms with van der Waals surface area (Å²) in [6.07, 6.45) is 0.500. The highest BCUT2D eigenvalue weighted by molar-refractivity contribution is 4.22. The van der Waals surface area contributed by atoms with Crippen LogP contribution < -0.4 is 0 Å². The molecule has 0 saturated carbocycles.